The molecule has 0 spiro atoms. The first-order valence-corrected chi connectivity index (χ1v) is 9.93. The zero-order valence-electron chi connectivity index (χ0n) is 16.2. The number of anilines is 1. The molecule has 0 saturated carbocycles. The molecule has 0 unspecified atom stereocenters. The number of rotatable bonds is 4. The van der Waals surface area contributed by atoms with Crippen molar-refractivity contribution < 1.29 is 18.8 Å². The summed E-state index contributed by atoms with van der Waals surface area (Å²) in [4.78, 5) is 40.3. The van der Waals surface area contributed by atoms with Gasteiger partial charge in [-0.25, -0.2) is 9.18 Å². The first kappa shape index (κ1) is 21.6. The molecule has 3 rings (SSSR count). The minimum absolute atomic E-state index is 0.162. The summed E-state index contributed by atoms with van der Waals surface area (Å²) in [5.74, 6) is -1.11. The molecule has 9 heteroatoms. The van der Waals surface area contributed by atoms with Gasteiger partial charge in [-0.05, 0) is 48.9 Å². The van der Waals surface area contributed by atoms with Crippen molar-refractivity contribution in [3.05, 3.63) is 64.9 Å². The molecule has 2 N–H and O–H groups in total. The highest BCUT2D eigenvalue weighted by atomic mass is 35.5. The highest BCUT2D eigenvalue weighted by Gasteiger charge is 2.22. The first-order valence-electron chi connectivity index (χ1n) is 9.55. The van der Waals surface area contributed by atoms with E-state index >= 15 is 0 Å². The summed E-state index contributed by atoms with van der Waals surface area (Å²) in [6.07, 6.45) is 0.626. The quantitative estimate of drug-likeness (QED) is 0.779. The van der Waals surface area contributed by atoms with Gasteiger partial charge in [-0.15, -0.1) is 0 Å². The molecular formula is C21H22ClFN4O3. The number of nitrogens with zero attached hydrogens (tertiary/aromatic N) is 2. The van der Waals surface area contributed by atoms with Crippen LogP contribution in [-0.2, 0) is 4.79 Å². The van der Waals surface area contributed by atoms with Crippen LogP contribution < -0.4 is 10.6 Å². The summed E-state index contributed by atoms with van der Waals surface area (Å²) >= 11 is 5.94. The number of nitrogens with one attached hydrogen (secondary N) is 2. The van der Waals surface area contributed by atoms with Gasteiger partial charge in [0.1, 0.15) is 5.82 Å². The third kappa shape index (κ3) is 5.93. The smallest absolute Gasteiger partial charge is 0.321 e. The van der Waals surface area contributed by atoms with Crippen molar-refractivity contribution in [2.45, 2.75) is 6.42 Å². The van der Waals surface area contributed by atoms with Crippen LogP contribution in [0.25, 0.3) is 0 Å². The summed E-state index contributed by atoms with van der Waals surface area (Å²) in [6, 6.07) is 11.7. The minimum atomic E-state index is -0.444. The largest absolute Gasteiger partial charge is 0.343 e. The summed E-state index contributed by atoms with van der Waals surface area (Å²) in [6.45, 7) is 1.59. The standard InChI is InChI=1S/C21H22ClFN4O3/c22-16-3-1-4-18(13-16)25-21(30)27-10-2-9-26(11-12-27)19(28)14-24-20(29)15-5-7-17(23)8-6-15/h1,3-8,13H,2,9-12,14H2,(H,24,29)(H,25,30). The van der Waals surface area contributed by atoms with Gasteiger partial charge in [-0.1, -0.05) is 17.7 Å². The lowest BCUT2D eigenvalue weighted by molar-refractivity contribution is -0.129. The highest BCUT2D eigenvalue weighted by Crippen LogP contribution is 2.16. The number of hydrogen-bond donors (Lipinski definition) is 2. The monoisotopic (exact) mass is 432 g/mol. The van der Waals surface area contributed by atoms with Crippen LogP contribution in [0.1, 0.15) is 16.8 Å². The number of urea groups is 1. The molecule has 7 nitrogen and oxygen atoms in total. The maximum atomic E-state index is 12.9. The third-order valence-corrected chi connectivity index (χ3v) is 4.95. The molecule has 0 aromatic heterocycles. The van der Waals surface area contributed by atoms with Crippen LogP contribution in [0.4, 0.5) is 14.9 Å². The maximum Gasteiger partial charge on any atom is 0.321 e. The third-order valence-electron chi connectivity index (χ3n) is 4.72. The van der Waals surface area contributed by atoms with E-state index in [-0.39, 0.29) is 24.0 Å². The van der Waals surface area contributed by atoms with E-state index < -0.39 is 11.7 Å². The fourth-order valence-electron chi connectivity index (χ4n) is 3.11. The Morgan fingerprint density at radius 3 is 2.40 bits per heavy atom. The summed E-state index contributed by atoms with van der Waals surface area (Å²) in [5, 5.41) is 5.88. The number of benzene rings is 2. The predicted molar refractivity (Wildman–Crippen MR) is 112 cm³/mol. The zero-order chi connectivity index (χ0) is 21.5. The molecule has 0 bridgehead atoms. The molecule has 1 fully saturated rings. The average Bonchev–Trinajstić information content (AvgIpc) is 2.99. The van der Waals surface area contributed by atoms with Gasteiger partial charge in [-0.2, -0.15) is 0 Å². The summed E-state index contributed by atoms with van der Waals surface area (Å²) < 4.78 is 12.9. The van der Waals surface area contributed by atoms with Gasteiger partial charge in [0.05, 0.1) is 6.54 Å². The average molecular weight is 433 g/mol. The lowest BCUT2D eigenvalue weighted by Gasteiger charge is -2.22. The minimum Gasteiger partial charge on any atom is -0.343 e. The Morgan fingerprint density at radius 2 is 1.67 bits per heavy atom. The van der Waals surface area contributed by atoms with Gasteiger partial charge in [0, 0.05) is 42.5 Å². The van der Waals surface area contributed by atoms with E-state index in [9.17, 15) is 18.8 Å². The van der Waals surface area contributed by atoms with Crippen LogP contribution in [0.5, 0.6) is 0 Å². The number of hydrogen-bond acceptors (Lipinski definition) is 3. The number of amides is 4. The van der Waals surface area contributed by atoms with E-state index in [2.05, 4.69) is 10.6 Å². The summed E-state index contributed by atoms with van der Waals surface area (Å²) in [7, 11) is 0. The van der Waals surface area contributed by atoms with Gasteiger partial charge < -0.3 is 20.4 Å². The zero-order valence-corrected chi connectivity index (χ0v) is 17.0. The van der Waals surface area contributed by atoms with E-state index in [1.54, 1.807) is 34.1 Å². The van der Waals surface area contributed by atoms with Gasteiger partial charge in [-0.3, -0.25) is 9.59 Å². The molecule has 0 radical (unpaired) electrons. The molecule has 0 atom stereocenters. The van der Waals surface area contributed by atoms with Gasteiger partial charge in [0.15, 0.2) is 0 Å². The fraction of sp³-hybridized carbons (Fsp3) is 0.286. The maximum absolute atomic E-state index is 12.9. The van der Waals surface area contributed by atoms with Crippen molar-refractivity contribution in [3.8, 4) is 0 Å². The highest BCUT2D eigenvalue weighted by molar-refractivity contribution is 6.30. The Morgan fingerprint density at radius 1 is 0.967 bits per heavy atom. The topological polar surface area (TPSA) is 81.8 Å². The molecular weight excluding hydrogens is 411 g/mol. The summed E-state index contributed by atoms with van der Waals surface area (Å²) in [5.41, 5.74) is 0.886. The first-order chi connectivity index (χ1) is 14.4. The van der Waals surface area contributed by atoms with Crippen LogP contribution in [0.3, 0.4) is 0 Å². The molecule has 0 aliphatic carbocycles. The van der Waals surface area contributed by atoms with Crippen LogP contribution in [0, 0.1) is 5.82 Å². The van der Waals surface area contributed by atoms with Crippen LogP contribution in [-0.4, -0.2) is 60.4 Å². The van der Waals surface area contributed by atoms with E-state index in [1.807, 2.05) is 0 Å². The van der Waals surface area contributed by atoms with Crippen molar-refractivity contribution in [1.29, 1.82) is 0 Å². The lowest BCUT2D eigenvalue weighted by Crippen LogP contribution is -2.43. The molecule has 1 aliphatic rings. The van der Waals surface area contributed by atoms with Crippen LogP contribution in [0.15, 0.2) is 48.5 Å². The number of carbonyl (C=O) groups excluding carboxylic acids is 3. The Balaban J connectivity index is 1.48. The normalized spacial score (nSPS) is 14.1. The molecule has 1 aliphatic heterocycles. The van der Waals surface area contributed by atoms with Crippen LogP contribution in [0.2, 0.25) is 5.02 Å². The number of carbonyl (C=O) groups is 3. The Kier molecular flexibility index (Phi) is 7.24. The molecule has 1 saturated heterocycles. The van der Waals surface area contributed by atoms with E-state index in [4.69, 9.17) is 11.6 Å². The Bertz CT molecular complexity index is 923. The predicted octanol–water partition coefficient (Wildman–Crippen LogP) is 2.98. The molecule has 158 valence electrons. The van der Waals surface area contributed by atoms with Gasteiger partial charge in [0.25, 0.3) is 5.91 Å². The van der Waals surface area contributed by atoms with Gasteiger partial charge >= 0.3 is 6.03 Å². The Hall–Kier alpha value is -3.13. The molecule has 2 aromatic rings. The second kappa shape index (κ2) is 10.1. The van der Waals surface area contributed by atoms with Crippen molar-refractivity contribution in [1.82, 2.24) is 15.1 Å². The lowest BCUT2D eigenvalue weighted by atomic mass is 10.2. The van der Waals surface area contributed by atoms with Crippen molar-refractivity contribution in [2.24, 2.45) is 0 Å². The second-order valence-corrected chi connectivity index (χ2v) is 7.29. The van der Waals surface area contributed by atoms with Crippen LogP contribution >= 0.6 is 11.6 Å². The molecule has 1 heterocycles. The van der Waals surface area contributed by atoms with Crippen molar-refractivity contribution >= 4 is 35.1 Å². The van der Waals surface area contributed by atoms with Crippen molar-refractivity contribution in [2.75, 3.05) is 38.0 Å². The number of halogens is 2. The van der Waals surface area contributed by atoms with E-state index in [0.29, 0.717) is 43.3 Å². The Labute approximate surface area is 178 Å². The molecule has 4 amide bonds. The SMILES string of the molecule is O=C(NCC(=O)N1CCCN(C(=O)Nc2cccc(Cl)c2)CC1)c1ccc(F)cc1. The van der Waals surface area contributed by atoms with Gasteiger partial charge in [0.2, 0.25) is 5.91 Å². The fourth-order valence-corrected chi connectivity index (χ4v) is 3.30. The van der Waals surface area contributed by atoms with E-state index in [0.717, 1.165) is 0 Å². The molecule has 30 heavy (non-hydrogen) atoms. The second-order valence-electron chi connectivity index (χ2n) is 6.85. The van der Waals surface area contributed by atoms with E-state index in [1.165, 1.54) is 24.3 Å². The molecule has 2 aromatic carbocycles. The van der Waals surface area contributed by atoms with Crippen molar-refractivity contribution in [3.63, 3.8) is 0 Å².